The summed E-state index contributed by atoms with van der Waals surface area (Å²) in [5, 5.41) is 12.3. The molecule has 2 aromatic carbocycles. The number of carbonyl (C=O) groups is 1. The summed E-state index contributed by atoms with van der Waals surface area (Å²) in [7, 11) is 0. The summed E-state index contributed by atoms with van der Waals surface area (Å²) >= 11 is 1.32. The van der Waals surface area contributed by atoms with Crippen molar-refractivity contribution in [2.24, 2.45) is 0 Å². The molecule has 8 heteroatoms. The summed E-state index contributed by atoms with van der Waals surface area (Å²) in [5.74, 6) is 0.523. The average Bonchev–Trinajstić information content (AvgIpc) is 3.32. The highest BCUT2D eigenvalue weighted by Crippen LogP contribution is 2.37. The van der Waals surface area contributed by atoms with E-state index in [9.17, 15) is 4.79 Å². The zero-order valence-corrected chi connectivity index (χ0v) is 16.6. The standard InChI is InChI=1S/C21H19N5O2S/c1-2-28-18-6-4-3-5-15(18)20-24-25-21(29-20)23-19(27)13-7-10-17-16(11-13)22-12-26(17)14-8-9-14/h3-7,10-12,14H,2,8-9H2,1H3,(H,23,25,27). The lowest BCUT2D eigenvalue weighted by Crippen LogP contribution is -2.11. The number of hydrogen-bond acceptors (Lipinski definition) is 6. The molecule has 0 aliphatic heterocycles. The molecule has 146 valence electrons. The first-order chi connectivity index (χ1) is 14.2. The number of fused-ring (bicyclic) bond motifs is 1. The lowest BCUT2D eigenvalue weighted by Gasteiger charge is -2.06. The zero-order valence-electron chi connectivity index (χ0n) is 15.8. The predicted molar refractivity (Wildman–Crippen MR) is 112 cm³/mol. The minimum atomic E-state index is -0.228. The Morgan fingerprint density at radius 3 is 2.93 bits per heavy atom. The first-order valence-electron chi connectivity index (χ1n) is 9.56. The summed E-state index contributed by atoms with van der Waals surface area (Å²) < 4.78 is 7.84. The largest absolute Gasteiger partial charge is 0.493 e. The third-order valence-electron chi connectivity index (χ3n) is 4.84. The minimum Gasteiger partial charge on any atom is -0.493 e. The van der Waals surface area contributed by atoms with Gasteiger partial charge in [0.15, 0.2) is 5.01 Å². The van der Waals surface area contributed by atoms with E-state index >= 15 is 0 Å². The lowest BCUT2D eigenvalue weighted by atomic mass is 10.2. The van der Waals surface area contributed by atoms with Crippen LogP contribution in [-0.2, 0) is 0 Å². The number of hydrogen-bond donors (Lipinski definition) is 1. The maximum Gasteiger partial charge on any atom is 0.257 e. The van der Waals surface area contributed by atoms with E-state index in [1.807, 2.05) is 55.7 Å². The Morgan fingerprint density at radius 1 is 1.24 bits per heavy atom. The van der Waals surface area contributed by atoms with Crippen LogP contribution in [0.15, 0.2) is 48.8 Å². The van der Waals surface area contributed by atoms with Gasteiger partial charge in [0.1, 0.15) is 5.75 Å². The molecule has 4 aromatic rings. The van der Waals surface area contributed by atoms with Gasteiger partial charge in [-0.3, -0.25) is 10.1 Å². The van der Waals surface area contributed by atoms with Gasteiger partial charge in [-0.05, 0) is 50.1 Å². The van der Waals surface area contributed by atoms with E-state index < -0.39 is 0 Å². The quantitative estimate of drug-likeness (QED) is 0.509. The number of anilines is 1. The van der Waals surface area contributed by atoms with Crippen molar-refractivity contribution in [2.75, 3.05) is 11.9 Å². The Hall–Kier alpha value is -3.26. The maximum atomic E-state index is 12.7. The van der Waals surface area contributed by atoms with Gasteiger partial charge in [-0.2, -0.15) is 0 Å². The third kappa shape index (κ3) is 3.47. The Balaban J connectivity index is 1.36. The van der Waals surface area contributed by atoms with Crippen LogP contribution in [0, 0.1) is 0 Å². The molecular weight excluding hydrogens is 386 g/mol. The van der Waals surface area contributed by atoms with E-state index in [2.05, 4.69) is 25.1 Å². The highest BCUT2D eigenvalue weighted by atomic mass is 32.1. The van der Waals surface area contributed by atoms with Crippen LogP contribution < -0.4 is 10.1 Å². The third-order valence-corrected chi connectivity index (χ3v) is 5.71. The van der Waals surface area contributed by atoms with Crippen LogP contribution in [0.25, 0.3) is 21.6 Å². The molecule has 0 saturated heterocycles. The van der Waals surface area contributed by atoms with Crippen LogP contribution in [0.2, 0.25) is 0 Å². The van der Waals surface area contributed by atoms with Crippen molar-refractivity contribution in [1.29, 1.82) is 0 Å². The average molecular weight is 405 g/mol. The SMILES string of the molecule is CCOc1ccccc1-c1nnc(NC(=O)c2ccc3c(c2)ncn3C2CC2)s1. The number of carbonyl (C=O) groups excluding carboxylic acids is 1. The molecule has 1 aliphatic rings. The second kappa shape index (κ2) is 7.29. The molecular formula is C21H19N5O2S. The number of ether oxygens (including phenoxy) is 1. The van der Waals surface area contributed by atoms with Crippen molar-refractivity contribution in [2.45, 2.75) is 25.8 Å². The molecule has 0 radical (unpaired) electrons. The van der Waals surface area contributed by atoms with Gasteiger partial charge in [-0.15, -0.1) is 10.2 Å². The van der Waals surface area contributed by atoms with Gasteiger partial charge in [0, 0.05) is 11.6 Å². The van der Waals surface area contributed by atoms with Crippen LogP contribution in [-0.4, -0.2) is 32.3 Å². The van der Waals surface area contributed by atoms with Gasteiger partial charge in [-0.1, -0.05) is 23.5 Å². The minimum absolute atomic E-state index is 0.228. The molecule has 2 aromatic heterocycles. The normalized spacial score (nSPS) is 13.6. The maximum absolute atomic E-state index is 12.7. The van der Waals surface area contributed by atoms with Crippen molar-refractivity contribution in [3.63, 3.8) is 0 Å². The van der Waals surface area contributed by atoms with E-state index in [0.717, 1.165) is 22.3 Å². The van der Waals surface area contributed by atoms with E-state index in [0.29, 0.717) is 28.4 Å². The first-order valence-corrected chi connectivity index (χ1v) is 10.4. The summed E-state index contributed by atoms with van der Waals surface area (Å²) in [5.41, 5.74) is 3.30. The number of aromatic nitrogens is 4. The van der Waals surface area contributed by atoms with Crippen molar-refractivity contribution < 1.29 is 9.53 Å². The van der Waals surface area contributed by atoms with E-state index in [1.165, 1.54) is 24.2 Å². The molecule has 1 fully saturated rings. The second-order valence-corrected chi connectivity index (χ2v) is 7.86. The fourth-order valence-corrected chi connectivity index (χ4v) is 4.06. The number of imidazole rings is 1. The smallest absolute Gasteiger partial charge is 0.257 e. The molecule has 29 heavy (non-hydrogen) atoms. The van der Waals surface area contributed by atoms with Crippen LogP contribution in [0.4, 0.5) is 5.13 Å². The van der Waals surface area contributed by atoms with Crippen molar-refractivity contribution in [1.82, 2.24) is 19.7 Å². The predicted octanol–water partition coefficient (Wildman–Crippen LogP) is 4.54. The topological polar surface area (TPSA) is 81.9 Å². The Morgan fingerprint density at radius 2 is 2.10 bits per heavy atom. The fraction of sp³-hybridized carbons (Fsp3) is 0.238. The molecule has 0 atom stereocenters. The van der Waals surface area contributed by atoms with Gasteiger partial charge in [0.25, 0.3) is 5.91 Å². The first kappa shape index (κ1) is 17.8. The summed E-state index contributed by atoms with van der Waals surface area (Å²) in [4.78, 5) is 17.1. The van der Waals surface area contributed by atoms with Crippen LogP contribution >= 0.6 is 11.3 Å². The molecule has 0 unspecified atom stereocenters. The van der Waals surface area contributed by atoms with E-state index in [1.54, 1.807) is 0 Å². The Bertz CT molecular complexity index is 1190. The van der Waals surface area contributed by atoms with Crippen molar-refractivity contribution >= 4 is 33.4 Å². The highest BCUT2D eigenvalue weighted by molar-refractivity contribution is 7.18. The fourth-order valence-electron chi connectivity index (χ4n) is 3.29. The van der Waals surface area contributed by atoms with Gasteiger partial charge in [0.05, 0.1) is 29.5 Å². The molecule has 1 saturated carbocycles. The number of rotatable bonds is 6. The molecule has 7 nitrogen and oxygen atoms in total. The molecule has 2 heterocycles. The number of nitrogens with one attached hydrogen (secondary N) is 1. The molecule has 1 aliphatic carbocycles. The zero-order chi connectivity index (χ0) is 19.8. The molecule has 0 spiro atoms. The monoisotopic (exact) mass is 405 g/mol. The number of nitrogens with zero attached hydrogens (tertiary/aromatic N) is 4. The van der Waals surface area contributed by atoms with E-state index in [-0.39, 0.29) is 5.91 Å². The number of para-hydroxylation sites is 1. The second-order valence-electron chi connectivity index (χ2n) is 6.88. The van der Waals surface area contributed by atoms with Gasteiger partial charge < -0.3 is 9.30 Å². The number of benzene rings is 2. The van der Waals surface area contributed by atoms with Crippen molar-refractivity contribution in [3.05, 3.63) is 54.4 Å². The Labute approximate surface area is 171 Å². The summed E-state index contributed by atoms with van der Waals surface area (Å²) in [6.45, 7) is 2.51. The lowest BCUT2D eigenvalue weighted by molar-refractivity contribution is 0.102. The van der Waals surface area contributed by atoms with E-state index in [4.69, 9.17) is 4.74 Å². The molecule has 1 N–H and O–H groups in total. The van der Waals surface area contributed by atoms with Crippen LogP contribution in [0.5, 0.6) is 5.75 Å². The molecule has 0 bridgehead atoms. The highest BCUT2D eigenvalue weighted by Gasteiger charge is 2.25. The van der Waals surface area contributed by atoms with Gasteiger partial charge >= 0.3 is 0 Å². The summed E-state index contributed by atoms with van der Waals surface area (Å²) in [6.07, 6.45) is 4.25. The summed E-state index contributed by atoms with van der Waals surface area (Å²) in [6, 6.07) is 13.8. The Kier molecular flexibility index (Phi) is 4.48. The van der Waals surface area contributed by atoms with Gasteiger partial charge in [0.2, 0.25) is 5.13 Å². The molecule has 1 amide bonds. The van der Waals surface area contributed by atoms with Crippen molar-refractivity contribution in [3.8, 4) is 16.3 Å². The van der Waals surface area contributed by atoms with Crippen LogP contribution in [0.1, 0.15) is 36.2 Å². The molecule has 5 rings (SSSR count). The number of amides is 1. The van der Waals surface area contributed by atoms with Crippen LogP contribution in [0.3, 0.4) is 0 Å². The van der Waals surface area contributed by atoms with Gasteiger partial charge in [-0.25, -0.2) is 4.98 Å².